The maximum absolute atomic E-state index is 3.36. The Hall–Kier alpha value is -0.120. The molecule has 0 amide bonds. The van der Waals surface area contributed by atoms with E-state index in [1.807, 2.05) is 0 Å². The molecule has 4 unspecified atom stereocenters. The lowest BCUT2D eigenvalue weighted by Gasteiger charge is -2.52. The minimum absolute atomic E-state index is 0.772. The molecule has 2 saturated heterocycles. The van der Waals surface area contributed by atoms with Gasteiger partial charge in [-0.15, -0.1) is 0 Å². The number of hydrogen-bond donors (Lipinski definition) is 1. The molecule has 0 radical (unpaired) electrons. The molecule has 3 heteroatoms. The maximum atomic E-state index is 3.36. The molecule has 3 rings (SSSR count). The first-order chi connectivity index (χ1) is 8.29. The third-order valence-electron chi connectivity index (χ3n) is 5.26. The average molecular weight is 237 g/mol. The van der Waals surface area contributed by atoms with Crippen molar-refractivity contribution in [2.24, 2.45) is 5.92 Å². The maximum Gasteiger partial charge on any atom is 0.0224 e. The summed E-state index contributed by atoms with van der Waals surface area (Å²) in [5.74, 6) is 0.912. The lowest BCUT2D eigenvalue weighted by Crippen LogP contribution is -2.62. The third-order valence-corrected chi connectivity index (χ3v) is 5.26. The van der Waals surface area contributed by atoms with Crippen LogP contribution in [0.5, 0.6) is 0 Å². The monoisotopic (exact) mass is 237 g/mol. The summed E-state index contributed by atoms with van der Waals surface area (Å²) in [5, 5.41) is 3.36. The number of fused-ring (bicyclic) bond motifs is 1. The van der Waals surface area contributed by atoms with Crippen LogP contribution in [0.25, 0.3) is 0 Å². The van der Waals surface area contributed by atoms with E-state index in [0.29, 0.717) is 0 Å². The highest BCUT2D eigenvalue weighted by atomic mass is 15.3. The Kier molecular flexibility index (Phi) is 3.42. The Labute approximate surface area is 106 Å². The highest BCUT2D eigenvalue weighted by molar-refractivity contribution is 4.98. The summed E-state index contributed by atoms with van der Waals surface area (Å²) >= 11 is 0. The normalized spacial score (nSPS) is 43.4. The second kappa shape index (κ2) is 4.87. The van der Waals surface area contributed by atoms with Crippen molar-refractivity contribution in [3.8, 4) is 0 Å². The first-order valence-electron chi connectivity index (χ1n) is 7.44. The second-order valence-corrected chi connectivity index (χ2v) is 6.30. The highest BCUT2D eigenvalue weighted by Crippen LogP contribution is 2.36. The van der Waals surface area contributed by atoms with Crippen LogP contribution in [0.4, 0.5) is 0 Å². The van der Waals surface area contributed by atoms with Crippen LogP contribution in [0.15, 0.2) is 0 Å². The van der Waals surface area contributed by atoms with Crippen molar-refractivity contribution >= 4 is 0 Å². The van der Waals surface area contributed by atoms with Gasteiger partial charge in [-0.2, -0.15) is 0 Å². The molecule has 3 aliphatic rings. The van der Waals surface area contributed by atoms with E-state index in [0.717, 1.165) is 24.0 Å². The Bertz CT molecular complexity index is 268. The molecule has 4 atom stereocenters. The van der Waals surface area contributed by atoms with E-state index in [4.69, 9.17) is 0 Å². The van der Waals surface area contributed by atoms with Gasteiger partial charge >= 0.3 is 0 Å². The van der Waals surface area contributed by atoms with Gasteiger partial charge in [0.15, 0.2) is 0 Å². The van der Waals surface area contributed by atoms with E-state index in [-0.39, 0.29) is 0 Å². The van der Waals surface area contributed by atoms with Crippen molar-refractivity contribution < 1.29 is 0 Å². The van der Waals surface area contributed by atoms with Crippen LogP contribution in [-0.2, 0) is 0 Å². The van der Waals surface area contributed by atoms with Crippen LogP contribution in [0.1, 0.15) is 32.6 Å². The van der Waals surface area contributed by atoms with Gasteiger partial charge in [0.05, 0.1) is 0 Å². The van der Waals surface area contributed by atoms with Gasteiger partial charge in [-0.05, 0) is 58.7 Å². The van der Waals surface area contributed by atoms with E-state index in [9.17, 15) is 0 Å². The van der Waals surface area contributed by atoms with Crippen molar-refractivity contribution in [1.29, 1.82) is 0 Å². The molecule has 0 aromatic carbocycles. The smallest absolute Gasteiger partial charge is 0.0224 e. The topological polar surface area (TPSA) is 18.5 Å². The largest absolute Gasteiger partial charge is 0.319 e. The molecule has 0 spiro atoms. The van der Waals surface area contributed by atoms with Crippen LogP contribution in [0.3, 0.4) is 0 Å². The minimum Gasteiger partial charge on any atom is -0.319 e. The molecule has 1 N–H and O–H groups in total. The average Bonchev–Trinajstić information content (AvgIpc) is 2.72. The summed E-state index contributed by atoms with van der Waals surface area (Å²) < 4.78 is 0. The van der Waals surface area contributed by atoms with Gasteiger partial charge in [0.1, 0.15) is 0 Å². The second-order valence-electron chi connectivity index (χ2n) is 6.30. The van der Waals surface area contributed by atoms with Gasteiger partial charge in [0.25, 0.3) is 0 Å². The van der Waals surface area contributed by atoms with E-state index < -0.39 is 0 Å². The Morgan fingerprint density at radius 2 is 2.06 bits per heavy atom. The van der Waals surface area contributed by atoms with Crippen molar-refractivity contribution in [2.45, 2.75) is 50.7 Å². The molecule has 2 aliphatic heterocycles. The van der Waals surface area contributed by atoms with Gasteiger partial charge in [-0.1, -0.05) is 0 Å². The van der Waals surface area contributed by atoms with Crippen LogP contribution in [-0.4, -0.2) is 61.2 Å². The zero-order valence-electron chi connectivity index (χ0n) is 11.4. The van der Waals surface area contributed by atoms with Gasteiger partial charge in [0, 0.05) is 31.2 Å². The Morgan fingerprint density at radius 3 is 2.76 bits per heavy atom. The lowest BCUT2D eigenvalue weighted by atomic mass is 9.77. The number of hydrogen-bond acceptors (Lipinski definition) is 3. The highest BCUT2D eigenvalue weighted by Gasteiger charge is 2.42. The minimum atomic E-state index is 0.772. The molecule has 3 nitrogen and oxygen atoms in total. The van der Waals surface area contributed by atoms with Crippen LogP contribution >= 0.6 is 0 Å². The number of nitrogens with one attached hydrogen (secondary N) is 1. The molecular weight excluding hydrogens is 210 g/mol. The summed E-state index contributed by atoms with van der Waals surface area (Å²) in [6.45, 7) is 7.65. The first-order valence-corrected chi connectivity index (χ1v) is 7.44. The first kappa shape index (κ1) is 11.9. The van der Waals surface area contributed by atoms with Crippen molar-refractivity contribution in [3.05, 3.63) is 0 Å². The molecule has 0 aromatic heterocycles. The fraction of sp³-hybridized carbons (Fsp3) is 1.00. The molecular formula is C14H27N3. The quantitative estimate of drug-likeness (QED) is 0.794. The fourth-order valence-corrected chi connectivity index (χ4v) is 4.16. The number of nitrogens with zero attached hydrogens (tertiary/aromatic N) is 2. The van der Waals surface area contributed by atoms with Crippen LogP contribution in [0.2, 0.25) is 0 Å². The van der Waals surface area contributed by atoms with E-state index in [1.54, 1.807) is 0 Å². The van der Waals surface area contributed by atoms with Crippen molar-refractivity contribution in [2.75, 3.05) is 33.2 Å². The Balaban J connectivity index is 1.62. The SMILES string of the molecule is CNCC1CCC1N1CC2CCCN2CC1C. The zero-order valence-corrected chi connectivity index (χ0v) is 11.4. The number of rotatable bonds is 3. The van der Waals surface area contributed by atoms with Gasteiger partial charge in [-0.3, -0.25) is 9.80 Å². The fourth-order valence-electron chi connectivity index (χ4n) is 4.16. The molecule has 98 valence electrons. The molecule has 1 saturated carbocycles. The molecule has 1 aliphatic carbocycles. The van der Waals surface area contributed by atoms with Crippen LogP contribution < -0.4 is 5.32 Å². The van der Waals surface area contributed by atoms with Crippen molar-refractivity contribution in [3.63, 3.8) is 0 Å². The lowest BCUT2D eigenvalue weighted by molar-refractivity contribution is -0.0266. The third kappa shape index (κ3) is 2.13. The standard InChI is InChI=1S/C14H27N3/c1-11-9-16-7-3-4-13(16)10-17(11)14-6-5-12(14)8-15-2/h11-15H,3-10H2,1-2H3. The predicted octanol–water partition coefficient (Wildman–Crippen LogP) is 1.15. The predicted molar refractivity (Wildman–Crippen MR) is 71.2 cm³/mol. The van der Waals surface area contributed by atoms with Crippen LogP contribution in [0, 0.1) is 5.92 Å². The van der Waals surface area contributed by atoms with E-state index in [2.05, 4.69) is 29.1 Å². The molecule has 0 bridgehead atoms. The Morgan fingerprint density at radius 1 is 1.18 bits per heavy atom. The summed E-state index contributed by atoms with van der Waals surface area (Å²) in [5.41, 5.74) is 0. The van der Waals surface area contributed by atoms with E-state index >= 15 is 0 Å². The van der Waals surface area contributed by atoms with Gasteiger partial charge in [0.2, 0.25) is 0 Å². The van der Waals surface area contributed by atoms with Gasteiger partial charge < -0.3 is 5.32 Å². The van der Waals surface area contributed by atoms with Gasteiger partial charge in [-0.25, -0.2) is 0 Å². The molecule has 3 fully saturated rings. The zero-order chi connectivity index (χ0) is 11.8. The molecule has 0 aromatic rings. The summed E-state index contributed by atoms with van der Waals surface area (Å²) in [6.07, 6.45) is 5.73. The molecule has 2 heterocycles. The molecule has 17 heavy (non-hydrogen) atoms. The summed E-state index contributed by atoms with van der Waals surface area (Å²) in [7, 11) is 2.09. The van der Waals surface area contributed by atoms with E-state index in [1.165, 1.54) is 51.9 Å². The van der Waals surface area contributed by atoms with Crippen molar-refractivity contribution in [1.82, 2.24) is 15.1 Å². The summed E-state index contributed by atoms with van der Waals surface area (Å²) in [4.78, 5) is 5.56. The summed E-state index contributed by atoms with van der Waals surface area (Å²) in [6, 6.07) is 2.52. The number of piperazine rings is 1.